The van der Waals surface area contributed by atoms with Gasteiger partial charge in [-0.25, -0.2) is 14.8 Å². The number of aryl methyl sites for hydroxylation is 1. The van der Waals surface area contributed by atoms with E-state index < -0.39 is 5.97 Å². The number of amides is 1. The minimum Gasteiger partial charge on any atom is -0.465 e. The Morgan fingerprint density at radius 3 is 2.46 bits per heavy atom. The van der Waals surface area contributed by atoms with Gasteiger partial charge in [-0.15, -0.1) is 0 Å². The molecular formula is C19H24N4O3. The quantitative estimate of drug-likeness (QED) is 0.740. The van der Waals surface area contributed by atoms with Gasteiger partial charge in [0.25, 0.3) is 5.91 Å². The lowest BCUT2D eigenvalue weighted by atomic mass is 10.1. The number of nitrogens with zero attached hydrogens (tertiary/aromatic N) is 2. The van der Waals surface area contributed by atoms with Gasteiger partial charge >= 0.3 is 5.97 Å². The van der Waals surface area contributed by atoms with Crippen LogP contribution in [0.2, 0.25) is 0 Å². The number of nitrogens with one attached hydrogen (secondary N) is 2. The van der Waals surface area contributed by atoms with E-state index in [1.54, 1.807) is 37.3 Å². The number of esters is 1. The Kier molecular flexibility index (Phi) is 6.66. The van der Waals surface area contributed by atoms with E-state index in [1.807, 2.05) is 0 Å². The second-order valence-corrected chi connectivity index (χ2v) is 6.32. The Labute approximate surface area is 153 Å². The number of methoxy groups -OCH3 is 1. The number of benzene rings is 1. The summed E-state index contributed by atoms with van der Waals surface area (Å²) in [4.78, 5) is 32.4. The van der Waals surface area contributed by atoms with Crippen molar-refractivity contribution in [2.75, 3.05) is 24.3 Å². The summed E-state index contributed by atoms with van der Waals surface area (Å²) < 4.78 is 4.65. The monoisotopic (exact) mass is 356 g/mol. The van der Waals surface area contributed by atoms with Crippen LogP contribution >= 0.6 is 0 Å². The highest BCUT2D eigenvalue weighted by molar-refractivity contribution is 6.03. The number of aromatic nitrogens is 2. The first kappa shape index (κ1) is 19.4. The van der Waals surface area contributed by atoms with Crippen molar-refractivity contribution < 1.29 is 14.3 Å². The van der Waals surface area contributed by atoms with Gasteiger partial charge < -0.3 is 15.4 Å². The van der Waals surface area contributed by atoms with Gasteiger partial charge in [0.1, 0.15) is 17.3 Å². The highest BCUT2D eigenvalue weighted by Gasteiger charge is 2.12. The van der Waals surface area contributed by atoms with E-state index in [0.717, 1.165) is 13.0 Å². The Hall–Kier alpha value is -2.96. The van der Waals surface area contributed by atoms with Crippen molar-refractivity contribution in [1.82, 2.24) is 9.97 Å². The van der Waals surface area contributed by atoms with Crippen molar-refractivity contribution in [3.63, 3.8) is 0 Å². The van der Waals surface area contributed by atoms with Crippen molar-refractivity contribution in [2.24, 2.45) is 5.92 Å². The van der Waals surface area contributed by atoms with Crippen molar-refractivity contribution in [3.8, 4) is 0 Å². The van der Waals surface area contributed by atoms with Gasteiger partial charge in [-0.05, 0) is 43.5 Å². The molecule has 1 aromatic heterocycles. The average Bonchev–Trinajstić information content (AvgIpc) is 2.61. The van der Waals surface area contributed by atoms with Crippen LogP contribution in [0.1, 0.15) is 46.9 Å². The fourth-order valence-corrected chi connectivity index (χ4v) is 2.27. The van der Waals surface area contributed by atoms with Gasteiger partial charge in [-0.1, -0.05) is 13.8 Å². The predicted molar refractivity (Wildman–Crippen MR) is 100 cm³/mol. The van der Waals surface area contributed by atoms with E-state index in [2.05, 4.69) is 39.2 Å². The molecule has 1 heterocycles. The molecule has 0 aliphatic rings. The van der Waals surface area contributed by atoms with Crippen LogP contribution in [0.15, 0.2) is 30.3 Å². The average molecular weight is 356 g/mol. The van der Waals surface area contributed by atoms with Gasteiger partial charge in [0.05, 0.1) is 12.7 Å². The summed E-state index contributed by atoms with van der Waals surface area (Å²) in [6.45, 7) is 6.83. The molecule has 7 heteroatoms. The first-order valence-electron chi connectivity index (χ1n) is 8.48. The SMILES string of the molecule is COC(=O)c1ccc(NC(=O)c2cc(NCCC(C)C)nc(C)n2)cc1. The van der Waals surface area contributed by atoms with Gasteiger partial charge in [0.2, 0.25) is 0 Å². The molecule has 0 atom stereocenters. The third-order valence-corrected chi connectivity index (χ3v) is 3.66. The molecule has 138 valence electrons. The van der Waals surface area contributed by atoms with Crippen molar-refractivity contribution in [2.45, 2.75) is 27.2 Å². The summed E-state index contributed by atoms with van der Waals surface area (Å²) in [7, 11) is 1.32. The highest BCUT2D eigenvalue weighted by Crippen LogP contribution is 2.13. The zero-order chi connectivity index (χ0) is 19.1. The third kappa shape index (κ3) is 5.54. The zero-order valence-electron chi connectivity index (χ0n) is 15.5. The van der Waals surface area contributed by atoms with Crippen molar-refractivity contribution in [3.05, 3.63) is 47.4 Å². The summed E-state index contributed by atoms with van der Waals surface area (Å²) in [6, 6.07) is 8.09. The smallest absolute Gasteiger partial charge is 0.337 e. The molecule has 2 N–H and O–H groups in total. The molecule has 0 radical (unpaired) electrons. The van der Waals surface area contributed by atoms with E-state index in [9.17, 15) is 9.59 Å². The molecule has 0 spiro atoms. The van der Waals surface area contributed by atoms with Crippen molar-refractivity contribution in [1.29, 1.82) is 0 Å². The normalized spacial score (nSPS) is 10.5. The molecule has 1 aromatic carbocycles. The second kappa shape index (κ2) is 8.94. The number of hydrogen-bond acceptors (Lipinski definition) is 6. The molecule has 0 aliphatic carbocycles. The first-order valence-corrected chi connectivity index (χ1v) is 8.48. The molecule has 1 amide bonds. The van der Waals surface area contributed by atoms with Crippen LogP contribution in [0.25, 0.3) is 0 Å². The largest absolute Gasteiger partial charge is 0.465 e. The Morgan fingerprint density at radius 2 is 1.85 bits per heavy atom. The summed E-state index contributed by atoms with van der Waals surface area (Å²) in [5, 5.41) is 5.98. The number of hydrogen-bond donors (Lipinski definition) is 2. The van der Waals surface area contributed by atoms with Crippen LogP contribution < -0.4 is 10.6 Å². The lowest BCUT2D eigenvalue weighted by molar-refractivity contribution is 0.0600. The molecule has 2 rings (SSSR count). The summed E-state index contributed by atoms with van der Waals surface area (Å²) in [5.74, 6) is 0.968. The predicted octanol–water partition coefficient (Wildman–Crippen LogP) is 3.28. The fourth-order valence-electron chi connectivity index (χ4n) is 2.27. The molecule has 0 fully saturated rings. The maximum Gasteiger partial charge on any atom is 0.337 e. The van der Waals surface area contributed by atoms with Crippen molar-refractivity contribution >= 4 is 23.4 Å². The molecule has 26 heavy (non-hydrogen) atoms. The van der Waals surface area contributed by atoms with Gasteiger partial charge in [0.15, 0.2) is 0 Å². The number of ether oxygens (including phenoxy) is 1. The highest BCUT2D eigenvalue weighted by atomic mass is 16.5. The van der Waals surface area contributed by atoms with E-state index in [-0.39, 0.29) is 11.6 Å². The molecule has 2 aromatic rings. The minimum atomic E-state index is -0.425. The standard InChI is InChI=1S/C19H24N4O3/c1-12(2)9-10-20-17-11-16(21-13(3)22-17)18(24)23-15-7-5-14(6-8-15)19(25)26-4/h5-8,11-12H,9-10H2,1-4H3,(H,23,24)(H,20,21,22). The Bertz CT molecular complexity index is 773. The second-order valence-electron chi connectivity index (χ2n) is 6.32. The lowest BCUT2D eigenvalue weighted by Crippen LogP contribution is -2.16. The van der Waals surface area contributed by atoms with E-state index in [0.29, 0.717) is 28.8 Å². The van der Waals surface area contributed by atoms with E-state index in [4.69, 9.17) is 0 Å². The number of rotatable bonds is 7. The topological polar surface area (TPSA) is 93.2 Å². The maximum atomic E-state index is 12.5. The Balaban J connectivity index is 2.06. The van der Waals surface area contributed by atoms with Gasteiger partial charge in [0, 0.05) is 18.3 Å². The van der Waals surface area contributed by atoms with Crippen LogP contribution in [0.3, 0.4) is 0 Å². The summed E-state index contributed by atoms with van der Waals surface area (Å²) in [5.41, 5.74) is 1.26. The minimum absolute atomic E-state index is 0.279. The first-order chi connectivity index (χ1) is 12.4. The van der Waals surface area contributed by atoms with Crippen LogP contribution in [-0.2, 0) is 4.74 Å². The van der Waals surface area contributed by atoms with Gasteiger partial charge in [-0.3, -0.25) is 4.79 Å². The molecule has 0 bridgehead atoms. The van der Waals surface area contributed by atoms with Crippen LogP contribution in [0.4, 0.5) is 11.5 Å². The summed E-state index contributed by atoms with van der Waals surface area (Å²) >= 11 is 0. The summed E-state index contributed by atoms with van der Waals surface area (Å²) in [6.07, 6.45) is 1.01. The number of carbonyl (C=O) groups is 2. The Morgan fingerprint density at radius 1 is 1.15 bits per heavy atom. The van der Waals surface area contributed by atoms with Crippen LogP contribution in [0, 0.1) is 12.8 Å². The van der Waals surface area contributed by atoms with Crippen LogP contribution in [0.5, 0.6) is 0 Å². The molecule has 7 nitrogen and oxygen atoms in total. The van der Waals surface area contributed by atoms with Crippen LogP contribution in [-0.4, -0.2) is 35.5 Å². The maximum absolute atomic E-state index is 12.5. The third-order valence-electron chi connectivity index (χ3n) is 3.66. The number of anilines is 2. The molecule has 0 saturated carbocycles. The molecular weight excluding hydrogens is 332 g/mol. The lowest BCUT2D eigenvalue weighted by Gasteiger charge is -2.10. The molecule has 0 aliphatic heterocycles. The number of carbonyl (C=O) groups excluding carboxylic acids is 2. The molecule has 0 unspecified atom stereocenters. The van der Waals surface area contributed by atoms with Gasteiger partial charge in [-0.2, -0.15) is 0 Å². The molecule has 0 saturated heterocycles. The zero-order valence-corrected chi connectivity index (χ0v) is 15.5. The fraction of sp³-hybridized carbons (Fsp3) is 0.368. The van der Waals surface area contributed by atoms with E-state index in [1.165, 1.54) is 7.11 Å². The van der Waals surface area contributed by atoms with E-state index >= 15 is 0 Å².